The topological polar surface area (TPSA) is 53.2 Å². The minimum atomic E-state index is -0.536. The first-order chi connectivity index (χ1) is 8.56. The summed E-state index contributed by atoms with van der Waals surface area (Å²) in [5.74, 6) is 0.736. The molecule has 1 aliphatic carbocycles. The highest BCUT2D eigenvalue weighted by Crippen LogP contribution is 2.49. The van der Waals surface area contributed by atoms with Crippen molar-refractivity contribution in [3.05, 3.63) is 29.3 Å². The second kappa shape index (κ2) is 4.99. The van der Waals surface area contributed by atoms with Crippen LogP contribution in [-0.2, 0) is 0 Å². The van der Waals surface area contributed by atoms with E-state index < -0.39 is 6.10 Å². The molecule has 1 atom stereocenters. The molecule has 0 radical (unpaired) electrons. The molecule has 3 nitrogen and oxygen atoms in total. The highest BCUT2D eigenvalue weighted by atomic mass is 16.5. The third kappa shape index (κ3) is 2.83. The van der Waals surface area contributed by atoms with E-state index in [-0.39, 0.29) is 5.41 Å². The van der Waals surface area contributed by atoms with Crippen LogP contribution in [0.3, 0.4) is 0 Å². The standard InChI is InChI=1S/C15H19NO2/c1-11-3-4-14(13(9-11)12(2)17)18-10-15(5-6-15)7-8-16/h3-4,9,12,17H,5-7,10H2,1-2H3/t12-/m0/s1. The van der Waals surface area contributed by atoms with Crippen molar-refractivity contribution in [2.45, 2.75) is 39.2 Å². The summed E-state index contributed by atoms with van der Waals surface area (Å²) in [4.78, 5) is 0. The Bertz CT molecular complexity index is 470. The number of nitriles is 1. The number of aryl methyl sites for hydroxylation is 1. The quantitative estimate of drug-likeness (QED) is 0.867. The summed E-state index contributed by atoms with van der Waals surface area (Å²) in [6, 6.07) is 8.05. The van der Waals surface area contributed by atoms with Gasteiger partial charge in [-0.05, 0) is 38.8 Å². The number of nitrogens with zero attached hydrogens (tertiary/aromatic N) is 1. The molecule has 0 aromatic heterocycles. The van der Waals surface area contributed by atoms with Crippen LogP contribution in [0.15, 0.2) is 18.2 Å². The molecule has 0 spiro atoms. The van der Waals surface area contributed by atoms with Gasteiger partial charge < -0.3 is 9.84 Å². The van der Waals surface area contributed by atoms with Crippen LogP contribution < -0.4 is 4.74 Å². The highest BCUT2D eigenvalue weighted by Gasteiger charge is 2.43. The SMILES string of the molecule is Cc1ccc(OCC2(CC#N)CC2)c([C@H](C)O)c1. The lowest BCUT2D eigenvalue weighted by atomic mass is 10.0. The maximum Gasteiger partial charge on any atom is 0.125 e. The Morgan fingerprint density at radius 3 is 2.78 bits per heavy atom. The first kappa shape index (κ1) is 12.9. The molecule has 0 saturated heterocycles. The molecule has 96 valence electrons. The van der Waals surface area contributed by atoms with E-state index in [9.17, 15) is 5.11 Å². The fourth-order valence-electron chi connectivity index (χ4n) is 2.07. The minimum Gasteiger partial charge on any atom is -0.493 e. The summed E-state index contributed by atoms with van der Waals surface area (Å²) in [6.45, 7) is 4.31. The van der Waals surface area contributed by atoms with Crippen molar-refractivity contribution in [3.8, 4) is 11.8 Å². The van der Waals surface area contributed by atoms with Gasteiger partial charge in [-0.2, -0.15) is 5.26 Å². The number of rotatable bonds is 5. The van der Waals surface area contributed by atoms with Crippen molar-refractivity contribution in [1.82, 2.24) is 0 Å². The molecule has 18 heavy (non-hydrogen) atoms. The normalized spacial score (nSPS) is 17.9. The molecule has 0 bridgehead atoms. The van der Waals surface area contributed by atoms with Gasteiger partial charge in [0.25, 0.3) is 0 Å². The monoisotopic (exact) mass is 245 g/mol. The Morgan fingerprint density at radius 2 is 2.22 bits per heavy atom. The Balaban J connectivity index is 2.08. The van der Waals surface area contributed by atoms with Crippen molar-refractivity contribution < 1.29 is 9.84 Å². The zero-order valence-corrected chi connectivity index (χ0v) is 10.9. The third-order valence-electron chi connectivity index (χ3n) is 3.56. The molecule has 0 heterocycles. The van der Waals surface area contributed by atoms with Crippen molar-refractivity contribution in [2.75, 3.05) is 6.61 Å². The molecule has 1 saturated carbocycles. The molecular weight excluding hydrogens is 226 g/mol. The molecule has 1 fully saturated rings. The average molecular weight is 245 g/mol. The second-order valence-electron chi connectivity index (χ2n) is 5.34. The van der Waals surface area contributed by atoms with Crippen molar-refractivity contribution >= 4 is 0 Å². The Hall–Kier alpha value is -1.53. The Morgan fingerprint density at radius 1 is 1.50 bits per heavy atom. The van der Waals surface area contributed by atoms with Crippen LogP contribution in [0.4, 0.5) is 0 Å². The van der Waals surface area contributed by atoms with Gasteiger partial charge >= 0.3 is 0 Å². The zero-order chi connectivity index (χ0) is 13.2. The van der Waals surface area contributed by atoms with E-state index in [1.165, 1.54) is 0 Å². The summed E-state index contributed by atoms with van der Waals surface area (Å²) in [5.41, 5.74) is 1.99. The number of aliphatic hydroxyl groups excluding tert-OH is 1. The summed E-state index contributed by atoms with van der Waals surface area (Å²) < 4.78 is 5.82. The fourth-order valence-corrected chi connectivity index (χ4v) is 2.07. The first-order valence-corrected chi connectivity index (χ1v) is 6.35. The molecule has 1 aliphatic rings. The molecule has 2 rings (SSSR count). The van der Waals surface area contributed by atoms with E-state index in [0.29, 0.717) is 13.0 Å². The van der Waals surface area contributed by atoms with Crippen LogP contribution in [0.2, 0.25) is 0 Å². The van der Waals surface area contributed by atoms with Crippen LogP contribution in [-0.4, -0.2) is 11.7 Å². The predicted octanol–water partition coefficient (Wildman–Crippen LogP) is 3.12. The third-order valence-corrected chi connectivity index (χ3v) is 3.56. The van der Waals surface area contributed by atoms with Gasteiger partial charge in [0.2, 0.25) is 0 Å². The Kier molecular flexibility index (Phi) is 3.58. The van der Waals surface area contributed by atoms with E-state index >= 15 is 0 Å². The summed E-state index contributed by atoms with van der Waals surface area (Å²) in [5, 5.41) is 18.5. The number of hydrogen-bond donors (Lipinski definition) is 1. The van der Waals surface area contributed by atoms with Gasteiger partial charge in [0.1, 0.15) is 5.75 Å². The lowest BCUT2D eigenvalue weighted by Gasteiger charge is -2.17. The molecular formula is C15H19NO2. The second-order valence-corrected chi connectivity index (χ2v) is 5.34. The minimum absolute atomic E-state index is 0.0651. The van der Waals surface area contributed by atoms with Gasteiger partial charge in [0.15, 0.2) is 0 Å². The molecule has 1 N–H and O–H groups in total. The molecule has 1 aromatic rings. The maximum atomic E-state index is 9.75. The maximum absolute atomic E-state index is 9.75. The van der Waals surface area contributed by atoms with Crippen LogP contribution in [0.25, 0.3) is 0 Å². The summed E-state index contributed by atoms with van der Waals surface area (Å²) in [7, 11) is 0. The van der Waals surface area contributed by atoms with Gasteiger partial charge in [-0.15, -0.1) is 0 Å². The highest BCUT2D eigenvalue weighted by molar-refractivity contribution is 5.38. The van der Waals surface area contributed by atoms with E-state index in [0.717, 1.165) is 29.7 Å². The predicted molar refractivity (Wildman–Crippen MR) is 69.2 cm³/mol. The van der Waals surface area contributed by atoms with Gasteiger partial charge in [-0.1, -0.05) is 11.6 Å². The Labute approximate surface area is 108 Å². The number of hydrogen-bond acceptors (Lipinski definition) is 3. The summed E-state index contributed by atoms with van der Waals surface area (Å²) >= 11 is 0. The summed E-state index contributed by atoms with van der Waals surface area (Å²) in [6.07, 6.45) is 2.15. The van der Waals surface area contributed by atoms with Crippen LogP contribution in [0.5, 0.6) is 5.75 Å². The number of ether oxygens (including phenoxy) is 1. The molecule has 3 heteroatoms. The van der Waals surface area contributed by atoms with Crippen molar-refractivity contribution in [1.29, 1.82) is 5.26 Å². The van der Waals surface area contributed by atoms with Gasteiger partial charge in [-0.3, -0.25) is 0 Å². The van der Waals surface area contributed by atoms with Gasteiger partial charge in [-0.25, -0.2) is 0 Å². The molecule has 0 unspecified atom stereocenters. The fraction of sp³-hybridized carbons (Fsp3) is 0.533. The van der Waals surface area contributed by atoms with E-state index in [1.54, 1.807) is 6.92 Å². The van der Waals surface area contributed by atoms with Crippen molar-refractivity contribution in [3.63, 3.8) is 0 Å². The lowest BCUT2D eigenvalue weighted by molar-refractivity contribution is 0.183. The molecule has 1 aromatic carbocycles. The van der Waals surface area contributed by atoms with Crippen LogP contribution in [0.1, 0.15) is 43.4 Å². The zero-order valence-electron chi connectivity index (χ0n) is 10.9. The smallest absolute Gasteiger partial charge is 0.125 e. The number of aliphatic hydroxyl groups is 1. The van der Waals surface area contributed by atoms with E-state index in [2.05, 4.69) is 6.07 Å². The first-order valence-electron chi connectivity index (χ1n) is 6.35. The van der Waals surface area contributed by atoms with E-state index in [4.69, 9.17) is 10.00 Å². The largest absolute Gasteiger partial charge is 0.493 e. The number of benzene rings is 1. The van der Waals surface area contributed by atoms with Gasteiger partial charge in [0.05, 0.1) is 18.8 Å². The van der Waals surface area contributed by atoms with Crippen LogP contribution in [0, 0.1) is 23.7 Å². The molecule has 0 amide bonds. The lowest BCUT2D eigenvalue weighted by Crippen LogP contribution is -2.13. The van der Waals surface area contributed by atoms with Crippen molar-refractivity contribution in [2.24, 2.45) is 5.41 Å². The average Bonchev–Trinajstić information content (AvgIpc) is 3.08. The molecule has 0 aliphatic heterocycles. The van der Waals surface area contributed by atoms with Crippen LogP contribution >= 0.6 is 0 Å². The van der Waals surface area contributed by atoms with E-state index in [1.807, 2.05) is 25.1 Å². The van der Waals surface area contributed by atoms with Gasteiger partial charge in [0, 0.05) is 17.4 Å².